The number of amides is 1. The molecule has 2 heterocycles. The molecule has 0 aliphatic carbocycles. The van der Waals surface area contributed by atoms with Crippen molar-refractivity contribution in [1.82, 2.24) is 4.90 Å². The van der Waals surface area contributed by atoms with Gasteiger partial charge in [-0.05, 0) is 39.0 Å². The van der Waals surface area contributed by atoms with Gasteiger partial charge in [0.2, 0.25) is 5.91 Å². The summed E-state index contributed by atoms with van der Waals surface area (Å²) in [5, 5.41) is -0.418. The normalized spacial score (nSPS) is 32.8. The number of hydrogen-bond donors (Lipinski definition) is 0. The summed E-state index contributed by atoms with van der Waals surface area (Å²) in [7, 11) is 0. The van der Waals surface area contributed by atoms with Gasteiger partial charge < -0.3 is 9.64 Å². The van der Waals surface area contributed by atoms with Gasteiger partial charge in [-0.2, -0.15) is 0 Å². The number of carbonyl (C=O) groups is 1. The fraction of sp³-hybridized carbons (Fsp3) is 0.917. The van der Waals surface area contributed by atoms with Crippen molar-refractivity contribution in [1.29, 1.82) is 0 Å². The van der Waals surface area contributed by atoms with Crippen molar-refractivity contribution in [3.8, 4) is 0 Å². The van der Waals surface area contributed by atoms with Crippen LogP contribution in [0.15, 0.2) is 0 Å². The van der Waals surface area contributed by atoms with E-state index in [1.807, 2.05) is 4.90 Å². The first-order chi connectivity index (χ1) is 7.63. The molecule has 0 aromatic heterocycles. The Hall–Kier alpha value is -0.280. The van der Waals surface area contributed by atoms with Gasteiger partial charge in [0.1, 0.15) is 5.38 Å². The second-order valence-corrected chi connectivity index (χ2v) is 5.62. The molecule has 3 nitrogen and oxygen atoms in total. The summed E-state index contributed by atoms with van der Waals surface area (Å²) >= 11 is 5.86. The number of likely N-dealkylation sites (tertiary alicyclic amines) is 1. The maximum absolute atomic E-state index is 11.9. The lowest BCUT2D eigenvalue weighted by Crippen LogP contribution is -2.54. The first-order valence-electron chi connectivity index (χ1n) is 6.20. The number of nitrogens with zero attached hydrogens (tertiary/aromatic N) is 1. The predicted molar refractivity (Wildman–Crippen MR) is 63.7 cm³/mol. The van der Waals surface area contributed by atoms with E-state index >= 15 is 0 Å². The van der Waals surface area contributed by atoms with Gasteiger partial charge in [-0.15, -0.1) is 11.6 Å². The molecule has 0 aromatic carbocycles. The molecule has 92 valence electrons. The van der Waals surface area contributed by atoms with Crippen LogP contribution in [0.25, 0.3) is 0 Å². The lowest BCUT2D eigenvalue weighted by molar-refractivity contribution is -0.148. The van der Waals surface area contributed by atoms with Crippen LogP contribution >= 0.6 is 11.6 Å². The Kier molecular flexibility index (Phi) is 3.75. The first-order valence-corrected chi connectivity index (χ1v) is 6.63. The topological polar surface area (TPSA) is 29.5 Å². The Morgan fingerprint density at radius 1 is 1.38 bits per heavy atom. The van der Waals surface area contributed by atoms with Crippen LogP contribution in [0.1, 0.15) is 39.0 Å². The molecule has 0 bridgehead atoms. The predicted octanol–water partition coefficient (Wildman–Crippen LogP) is 2.18. The maximum Gasteiger partial charge on any atom is 0.240 e. The zero-order chi connectivity index (χ0) is 11.6. The molecule has 1 spiro atoms. The maximum atomic E-state index is 11.9. The van der Waals surface area contributed by atoms with E-state index in [1.54, 1.807) is 6.92 Å². The fourth-order valence-electron chi connectivity index (χ4n) is 2.77. The lowest BCUT2D eigenvalue weighted by atomic mass is 9.85. The van der Waals surface area contributed by atoms with E-state index in [4.69, 9.17) is 16.3 Å². The molecule has 2 rings (SSSR count). The number of rotatable bonds is 1. The van der Waals surface area contributed by atoms with E-state index in [-0.39, 0.29) is 11.5 Å². The number of alkyl halides is 1. The van der Waals surface area contributed by atoms with Gasteiger partial charge in [0.05, 0.1) is 5.60 Å². The summed E-state index contributed by atoms with van der Waals surface area (Å²) in [6.07, 6.45) is 5.59. The highest BCUT2D eigenvalue weighted by Gasteiger charge is 2.39. The fourth-order valence-corrected chi connectivity index (χ4v) is 2.91. The highest BCUT2D eigenvalue weighted by Crippen LogP contribution is 2.33. The monoisotopic (exact) mass is 245 g/mol. The molecule has 2 aliphatic heterocycles. The molecule has 2 aliphatic rings. The third-order valence-electron chi connectivity index (χ3n) is 3.63. The van der Waals surface area contributed by atoms with E-state index in [2.05, 4.69) is 0 Å². The number of piperidine rings is 1. The second kappa shape index (κ2) is 4.92. The van der Waals surface area contributed by atoms with Crippen molar-refractivity contribution in [2.45, 2.75) is 50.0 Å². The molecule has 2 saturated heterocycles. The zero-order valence-corrected chi connectivity index (χ0v) is 10.6. The number of halogens is 1. The lowest BCUT2D eigenvalue weighted by Gasteiger charge is -2.45. The van der Waals surface area contributed by atoms with Crippen LogP contribution in [-0.2, 0) is 9.53 Å². The SMILES string of the molecule is C[C@@H](Cl)C(=O)N1CCC[C@@]2(CCCCO2)C1. The molecule has 4 heteroatoms. The first kappa shape index (κ1) is 12.2. The molecule has 0 radical (unpaired) electrons. The molecular weight excluding hydrogens is 226 g/mol. The summed E-state index contributed by atoms with van der Waals surface area (Å²) in [5.74, 6) is 0.0508. The van der Waals surface area contributed by atoms with Gasteiger partial charge in [0.25, 0.3) is 0 Å². The highest BCUT2D eigenvalue weighted by atomic mass is 35.5. The molecule has 0 saturated carbocycles. The minimum Gasteiger partial charge on any atom is -0.373 e. The Labute approximate surface area is 102 Å². The number of carbonyl (C=O) groups excluding carboxylic acids is 1. The summed E-state index contributed by atoms with van der Waals surface area (Å²) in [4.78, 5) is 13.7. The van der Waals surface area contributed by atoms with Gasteiger partial charge >= 0.3 is 0 Å². The van der Waals surface area contributed by atoms with Gasteiger partial charge in [-0.3, -0.25) is 4.79 Å². The standard InChI is InChI=1S/C12H20ClNO2/c1-10(13)11(15)14-7-4-6-12(9-14)5-2-3-8-16-12/h10H,2-9H2,1H3/t10-,12+/m1/s1. The molecule has 0 unspecified atom stereocenters. The smallest absolute Gasteiger partial charge is 0.240 e. The Morgan fingerprint density at radius 2 is 2.12 bits per heavy atom. The van der Waals surface area contributed by atoms with Gasteiger partial charge in [0, 0.05) is 19.7 Å². The average Bonchev–Trinajstić information content (AvgIpc) is 2.29. The summed E-state index contributed by atoms with van der Waals surface area (Å²) in [6, 6.07) is 0. The third kappa shape index (κ3) is 2.51. The van der Waals surface area contributed by atoms with Crippen molar-refractivity contribution in [3.05, 3.63) is 0 Å². The Morgan fingerprint density at radius 3 is 2.75 bits per heavy atom. The number of hydrogen-bond acceptors (Lipinski definition) is 2. The van der Waals surface area contributed by atoms with Crippen LogP contribution in [0.5, 0.6) is 0 Å². The molecule has 0 N–H and O–H groups in total. The van der Waals surface area contributed by atoms with Crippen molar-refractivity contribution < 1.29 is 9.53 Å². The van der Waals surface area contributed by atoms with Crippen LogP contribution in [-0.4, -0.2) is 41.5 Å². The van der Waals surface area contributed by atoms with E-state index < -0.39 is 5.38 Å². The largest absolute Gasteiger partial charge is 0.373 e. The molecule has 16 heavy (non-hydrogen) atoms. The van der Waals surface area contributed by atoms with Gasteiger partial charge in [-0.1, -0.05) is 0 Å². The molecule has 2 atom stereocenters. The van der Waals surface area contributed by atoms with Crippen molar-refractivity contribution in [2.24, 2.45) is 0 Å². The Balaban J connectivity index is 2.00. The van der Waals surface area contributed by atoms with Gasteiger partial charge in [0.15, 0.2) is 0 Å². The third-order valence-corrected chi connectivity index (χ3v) is 3.81. The second-order valence-electron chi connectivity index (χ2n) is 4.97. The highest BCUT2D eigenvalue weighted by molar-refractivity contribution is 6.30. The van der Waals surface area contributed by atoms with E-state index in [0.717, 1.165) is 45.4 Å². The van der Waals surface area contributed by atoms with Crippen LogP contribution in [0.2, 0.25) is 0 Å². The minimum atomic E-state index is -0.418. The summed E-state index contributed by atoms with van der Waals surface area (Å²) in [6.45, 7) is 4.16. The molecule has 2 fully saturated rings. The molecule has 1 amide bonds. The quantitative estimate of drug-likeness (QED) is 0.663. The average molecular weight is 246 g/mol. The van der Waals surface area contributed by atoms with Crippen LogP contribution in [0.4, 0.5) is 0 Å². The minimum absolute atomic E-state index is 0.0508. The van der Waals surface area contributed by atoms with Crippen LogP contribution in [0, 0.1) is 0 Å². The van der Waals surface area contributed by atoms with E-state index in [0.29, 0.717) is 0 Å². The van der Waals surface area contributed by atoms with Crippen molar-refractivity contribution in [2.75, 3.05) is 19.7 Å². The van der Waals surface area contributed by atoms with Crippen LogP contribution in [0.3, 0.4) is 0 Å². The summed E-state index contributed by atoms with van der Waals surface area (Å²) in [5.41, 5.74) is -0.0576. The van der Waals surface area contributed by atoms with Crippen molar-refractivity contribution >= 4 is 17.5 Å². The Bertz CT molecular complexity index is 256. The summed E-state index contributed by atoms with van der Waals surface area (Å²) < 4.78 is 5.93. The van der Waals surface area contributed by atoms with E-state index in [9.17, 15) is 4.79 Å². The van der Waals surface area contributed by atoms with Gasteiger partial charge in [-0.25, -0.2) is 0 Å². The molecular formula is C12H20ClNO2. The zero-order valence-electron chi connectivity index (χ0n) is 9.88. The van der Waals surface area contributed by atoms with Crippen LogP contribution < -0.4 is 0 Å². The van der Waals surface area contributed by atoms with E-state index in [1.165, 1.54) is 6.42 Å². The number of ether oxygens (including phenoxy) is 1. The van der Waals surface area contributed by atoms with Crippen molar-refractivity contribution in [3.63, 3.8) is 0 Å². The molecule has 0 aromatic rings.